The Bertz CT molecular complexity index is 2480. The van der Waals surface area contributed by atoms with Crippen molar-refractivity contribution >= 4 is 68.6 Å². The van der Waals surface area contributed by atoms with E-state index >= 15 is 0 Å². The first-order chi connectivity index (χ1) is 22.2. The van der Waals surface area contributed by atoms with E-state index in [-0.39, 0.29) is 0 Å². The topological polar surface area (TPSA) is 0 Å². The third kappa shape index (κ3) is 4.56. The van der Waals surface area contributed by atoms with Gasteiger partial charge in [0.2, 0.25) is 0 Å². The molecule has 2 heteroatoms. The van der Waals surface area contributed by atoms with Crippen LogP contribution in [0.4, 0.5) is 0 Å². The van der Waals surface area contributed by atoms with E-state index in [0.717, 1.165) is 6.42 Å². The summed E-state index contributed by atoms with van der Waals surface area (Å²) in [6.07, 6.45) is 5.83. The van der Waals surface area contributed by atoms with E-state index in [1.807, 2.05) is 22.7 Å². The van der Waals surface area contributed by atoms with Crippen molar-refractivity contribution < 1.29 is 0 Å². The Labute approximate surface area is 271 Å². The number of thiophene rings is 2. The molecule has 0 bridgehead atoms. The third-order valence-corrected chi connectivity index (χ3v) is 11.7. The van der Waals surface area contributed by atoms with E-state index in [9.17, 15) is 0 Å². The second-order valence-corrected chi connectivity index (χ2v) is 14.3. The Hall–Kier alpha value is -4.76. The van der Waals surface area contributed by atoms with Crippen LogP contribution in [0.5, 0.6) is 0 Å². The summed E-state index contributed by atoms with van der Waals surface area (Å²) in [5.74, 6) is 0.334. The molecule has 0 spiro atoms. The summed E-state index contributed by atoms with van der Waals surface area (Å²) in [6, 6.07) is 49.5. The molecule has 1 aliphatic rings. The van der Waals surface area contributed by atoms with Crippen LogP contribution in [-0.4, -0.2) is 0 Å². The van der Waals surface area contributed by atoms with Gasteiger partial charge in [0.15, 0.2) is 0 Å². The van der Waals surface area contributed by atoms with E-state index in [0.29, 0.717) is 5.92 Å². The molecule has 0 fully saturated rings. The second-order valence-electron chi connectivity index (χ2n) is 12.2. The summed E-state index contributed by atoms with van der Waals surface area (Å²) in [4.78, 5) is 0. The molecular formula is C43H30S2. The molecule has 214 valence electrons. The summed E-state index contributed by atoms with van der Waals surface area (Å²) in [5, 5.41) is 5.39. The molecule has 0 nitrogen and oxygen atoms in total. The molecule has 0 amide bonds. The van der Waals surface area contributed by atoms with Crippen LogP contribution in [0.1, 0.15) is 30.4 Å². The molecule has 1 unspecified atom stereocenters. The maximum Gasteiger partial charge on any atom is 0.0433 e. The van der Waals surface area contributed by atoms with Crippen LogP contribution in [0, 0.1) is 0 Å². The standard InChI is InChI=1S/C43H30S2/c1-27-22-32(28-10-6-12-30(24-28)34-16-8-18-38-36-14-2-4-20-40(36)44-42(34)38)26-33(23-27)29-11-7-13-31(25-29)35-17-9-19-39-37-15-3-5-21-41(37)45-43(35)39/h2-25,32H,26H2,1H3. The number of allylic oxidation sites excluding steroid dienone is 4. The summed E-state index contributed by atoms with van der Waals surface area (Å²) in [6.45, 7) is 2.25. The number of benzene rings is 6. The molecule has 2 aromatic heterocycles. The van der Waals surface area contributed by atoms with Crippen molar-refractivity contribution in [1.29, 1.82) is 0 Å². The highest BCUT2D eigenvalue weighted by Crippen LogP contribution is 2.43. The lowest BCUT2D eigenvalue weighted by Gasteiger charge is -2.22. The lowest BCUT2D eigenvalue weighted by molar-refractivity contribution is 0.858. The quantitative estimate of drug-likeness (QED) is 0.186. The highest BCUT2D eigenvalue weighted by Gasteiger charge is 2.19. The van der Waals surface area contributed by atoms with E-state index in [2.05, 4.69) is 153 Å². The fraction of sp³-hybridized carbons (Fsp3) is 0.0698. The minimum absolute atomic E-state index is 0.334. The maximum absolute atomic E-state index is 2.45. The largest absolute Gasteiger partial charge is 0.135 e. The van der Waals surface area contributed by atoms with Gasteiger partial charge in [-0.05, 0) is 70.5 Å². The molecule has 0 aliphatic heterocycles. The molecule has 1 aliphatic carbocycles. The lowest BCUT2D eigenvalue weighted by atomic mass is 9.82. The molecule has 0 saturated heterocycles. The molecule has 0 radical (unpaired) electrons. The normalized spacial score (nSPS) is 15.2. The first kappa shape index (κ1) is 26.6. The Morgan fingerprint density at radius 2 is 1.04 bits per heavy atom. The maximum atomic E-state index is 2.45. The van der Waals surface area contributed by atoms with Gasteiger partial charge in [-0.15, -0.1) is 22.7 Å². The van der Waals surface area contributed by atoms with Crippen LogP contribution in [0.25, 0.3) is 68.2 Å². The zero-order chi connectivity index (χ0) is 29.9. The van der Waals surface area contributed by atoms with E-state index in [4.69, 9.17) is 0 Å². The van der Waals surface area contributed by atoms with Gasteiger partial charge in [-0.1, -0.05) is 133 Å². The summed E-state index contributed by atoms with van der Waals surface area (Å²) in [5.41, 5.74) is 10.6. The van der Waals surface area contributed by atoms with Crippen molar-refractivity contribution in [2.24, 2.45) is 0 Å². The summed E-state index contributed by atoms with van der Waals surface area (Å²) < 4.78 is 5.44. The number of fused-ring (bicyclic) bond motifs is 6. The molecule has 9 rings (SSSR count). The van der Waals surface area contributed by atoms with Gasteiger partial charge in [0.25, 0.3) is 0 Å². The predicted octanol–water partition coefficient (Wildman–Crippen LogP) is 13.3. The van der Waals surface area contributed by atoms with Gasteiger partial charge < -0.3 is 0 Å². The monoisotopic (exact) mass is 610 g/mol. The fourth-order valence-electron chi connectivity index (χ4n) is 7.18. The van der Waals surface area contributed by atoms with E-state index < -0.39 is 0 Å². The first-order valence-electron chi connectivity index (χ1n) is 15.6. The average molecular weight is 611 g/mol. The fourth-order valence-corrected chi connectivity index (χ4v) is 9.66. The van der Waals surface area contributed by atoms with E-state index in [1.54, 1.807) is 0 Å². The average Bonchev–Trinajstić information content (AvgIpc) is 3.67. The zero-order valence-electron chi connectivity index (χ0n) is 25.0. The minimum Gasteiger partial charge on any atom is -0.135 e. The zero-order valence-corrected chi connectivity index (χ0v) is 26.6. The Morgan fingerprint density at radius 1 is 0.511 bits per heavy atom. The van der Waals surface area contributed by atoms with Crippen LogP contribution in [0.2, 0.25) is 0 Å². The van der Waals surface area contributed by atoms with Crippen LogP contribution in [0.15, 0.2) is 151 Å². The molecule has 0 saturated carbocycles. The van der Waals surface area contributed by atoms with Crippen LogP contribution in [0.3, 0.4) is 0 Å². The highest BCUT2D eigenvalue weighted by molar-refractivity contribution is 7.26. The molecule has 45 heavy (non-hydrogen) atoms. The van der Waals surface area contributed by atoms with Gasteiger partial charge in [0, 0.05) is 46.3 Å². The summed E-state index contributed by atoms with van der Waals surface area (Å²) >= 11 is 3.80. The van der Waals surface area contributed by atoms with Crippen molar-refractivity contribution in [3.05, 3.63) is 162 Å². The number of hydrogen-bond donors (Lipinski definition) is 0. The molecule has 0 N–H and O–H groups in total. The highest BCUT2D eigenvalue weighted by atomic mass is 32.1. The van der Waals surface area contributed by atoms with Gasteiger partial charge in [-0.2, -0.15) is 0 Å². The van der Waals surface area contributed by atoms with Crippen molar-refractivity contribution in [3.63, 3.8) is 0 Å². The minimum atomic E-state index is 0.334. The van der Waals surface area contributed by atoms with Crippen LogP contribution < -0.4 is 0 Å². The smallest absolute Gasteiger partial charge is 0.0433 e. The number of hydrogen-bond acceptors (Lipinski definition) is 2. The Morgan fingerprint density at radius 3 is 1.71 bits per heavy atom. The predicted molar refractivity (Wildman–Crippen MR) is 199 cm³/mol. The second kappa shape index (κ2) is 10.7. The third-order valence-electron chi connectivity index (χ3n) is 9.28. The van der Waals surface area contributed by atoms with Crippen molar-refractivity contribution in [3.8, 4) is 22.3 Å². The molecule has 1 atom stereocenters. The van der Waals surface area contributed by atoms with Crippen molar-refractivity contribution in [2.75, 3.05) is 0 Å². The molecular weight excluding hydrogens is 581 g/mol. The van der Waals surface area contributed by atoms with E-state index in [1.165, 1.54) is 84.9 Å². The van der Waals surface area contributed by atoms with Crippen LogP contribution in [-0.2, 0) is 0 Å². The summed E-state index contributed by atoms with van der Waals surface area (Å²) in [7, 11) is 0. The number of rotatable bonds is 4. The van der Waals surface area contributed by atoms with Crippen molar-refractivity contribution in [2.45, 2.75) is 19.3 Å². The van der Waals surface area contributed by atoms with Gasteiger partial charge in [-0.3, -0.25) is 0 Å². The molecule has 2 heterocycles. The van der Waals surface area contributed by atoms with Gasteiger partial charge in [-0.25, -0.2) is 0 Å². The SMILES string of the molecule is CC1=CC(c2cccc(-c3cccc4c3sc3ccccc34)c2)CC(c2cccc(-c3cccc4c3sc3ccccc34)c2)=C1. The molecule has 8 aromatic rings. The van der Waals surface area contributed by atoms with Gasteiger partial charge in [0.05, 0.1) is 0 Å². The van der Waals surface area contributed by atoms with Gasteiger partial charge in [0.1, 0.15) is 0 Å². The van der Waals surface area contributed by atoms with Gasteiger partial charge >= 0.3 is 0 Å². The first-order valence-corrected chi connectivity index (χ1v) is 17.2. The van der Waals surface area contributed by atoms with Crippen LogP contribution >= 0.6 is 22.7 Å². The lowest BCUT2D eigenvalue weighted by Crippen LogP contribution is -2.03. The Kier molecular flexibility index (Phi) is 6.33. The molecule has 6 aromatic carbocycles. The van der Waals surface area contributed by atoms with Crippen molar-refractivity contribution in [1.82, 2.24) is 0 Å². The Balaban J connectivity index is 1.07.